The van der Waals surface area contributed by atoms with Gasteiger partial charge in [-0.2, -0.15) is 0 Å². The number of rotatable bonds is 5. The third kappa shape index (κ3) is 3.48. The van der Waals surface area contributed by atoms with E-state index in [9.17, 15) is 14.4 Å². The molecule has 2 heterocycles. The molecule has 208 valence electrons. The maximum atomic E-state index is 14.8. The summed E-state index contributed by atoms with van der Waals surface area (Å²) in [4.78, 5) is 46.3. The number of fused-ring (bicyclic) bond motifs is 5. The van der Waals surface area contributed by atoms with Crippen LogP contribution >= 0.6 is 11.6 Å². The SMILES string of the molecule is COc1ccc([C@@H]2[C@@H](C(=O)c3ccccc3)N3c4ccc(Cl)cc4C=C[C@H]3C23C(=O)c2ccccc2C3=O)c(OC)c1. The van der Waals surface area contributed by atoms with Crippen LogP contribution in [0, 0.1) is 5.41 Å². The fourth-order valence-electron chi connectivity index (χ4n) is 7.14. The van der Waals surface area contributed by atoms with Crippen LogP contribution in [0.25, 0.3) is 6.08 Å². The first-order valence-electron chi connectivity index (χ1n) is 13.7. The molecule has 4 aromatic carbocycles. The van der Waals surface area contributed by atoms with Crippen molar-refractivity contribution in [1.29, 1.82) is 0 Å². The highest BCUT2D eigenvalue weighted by Gasteiger charge is 2.72. The highest BCUT2D eigenvalue weighted by Crippen LogP contribution is 2.62. The van der Waals surface area contributed by atoms with Crippen molar-refractivity contribution in [3.63, 3.8) is 0 Å². The highest BCUT2D eigenvalue weighted by molar-refractivity contribution is 6.33. The van der Waals surface area contributed by atoms with Crippen molar-refractivity contribution in [1.82, 2.24) is 0 Å². The second-order valence-corrected chi connectivity index (χ2v) is 11.2. The van der Waals surface area contributed by atoms with Crippen molar-refractivity contribution in [2.75, 3.05) is 19.1 Å². The number of halogens is 1. The van der Waals surface area contributed by atoms with Gasteiger partial charge in [0.25, 0.3) is 0 Å². The normalized spacial score (nSPS) is 21.2. The minimum atomic E-state index is -1.63. The molecule has 4 aromatic rings. The Morgan fingerprint density at radius 3 is 2.19 bits per heavy atom. The molecule has 42 heavy (non-hydrogen) atoms. The fraction of sp³-hybridized carbons (Fsp3) is 0.171. The van der Waals surface area contributed by atoms with Gasteiger partial charge in [0.15, 0.2) is 17.3 Å². The van der Waals surface area contributed by atoms with Gasteiger partial charge < -0.3 is 14.4 Å². The van der Waals surface area contributed by atoms with Gasteiger partial charge in [-0.05, 0) is 29.8 Å². The number of hydrogen-bond donors (Lipinski definition) is 0. The molecule has 0 unspecified atom stereocenters. The lowest BCUT2D eigenvalue weighted by atomic mass is 9.64. The summed E-state index contributed by atoms with van der Waals surface area (Å²) in [6, 6.07) is 25.0. The predicted molar refractivity (Wildman–Crippen MR) is 161 cm³/mol. The number of Topliss-reactive ketones (excluding diaryl/α,β-unsaturated/α-hetero) is 3. The van der Waals surface area contributed by atoms with Crippen LogP contribution in [0.1, 0.15) is 48.1 Å². The minimum Gasteiger partial charge on any atom is -0.497 e. The molecule has 7 heteroatoms. The average Bonchev–Trinajstić information content (AvgIpc) is 3.46. The monoisotopic (exact) mass is 575 g/mol. The topological polar surface area (TPSA) is 72.9 Å². The smallest absolute Gasteiger partial charge is 0.185 e. The Bertz CT molecular complexity index is 1780. The summed E-state index contributed by atoms with van der Waals surface area (Å²) in [5.41, 5.74) is 1.70. The molecule has 7 rings (SSSR count). The first-order chi connectivity index (χ1) is 20.4. The van der Waals surface area contributed by atoms with Gasteiger partial charge in [0, 0.05) is 44.9 Å². The molecule has 1 aliphatic carbocycles. The van der Waals surface area contributed by atoms with E-state index in [2.05, 4.69) is 0 Å². The van der Waals surface area contributed by atoms with Crippen LogP contribution in [-0.2, 0) is 0 Å². The van der Waals surface area contributed by atoms with Crippen LogP contribution in [0.4, 0.5) is 5.69 Å². The number of benzene rings is 4. The molecule has 1 fully saturated rings. The van der Waals surface area contributed by atoms with E-state index in [0.717, 1.165) is 11.3 Å². The summed E-state index contributed by atoms with van der Waals surface area (Å²) in [7, 11) is 3.09. The second-order valence-electron chi connectivity index (χ2n) is 10.7. The number of ether oxygens (including phenoxy) is 2. The van der Waals surface area contributed by atoms with Crippen LogP contribution in [0.5, 0.6) is 11.5 Å². The number of hydrogen-bond acceptors (Lipinski definition) is 6. The summed E-state index contributed by atoms with van der Waals surface area (Å²) in [5.74, 6) is -0.708. The zero-order valence-corrected chi connectivity index (χ0v) is 23.7. The third-order valence-electron chi connectivity index (χ3n) is 8.87. The number of methoxy groups -OCH3 is 2. The molecule has 0 bridgehead atoms. The van der Waals surface area contributed by atoms with E-state index in [1.165, 1.54) is 7.11 Å². The molecule has 0 saturated carbocycles. The summed E-state index contributed by atoms with van der Waals surface area (Å²) >= 11 is 6.38. The first-order valence-corrected chi connectivity index (χ1v) is 14.1. The van der Waals surface area contributed by atoms with Crippen LogP contribution in [0.2, 0.25) is 5.02 Å². The van der Waals surface area contributed by atoms with Crippen LogP contribution in [-0.4, -0.2) is 43.7 Å². The van der Waals surface area contributed by atoms with E-state index in [1.54, 1.807) is 61.7 Å². The van der Waals surface area contributed by atoms with E-state index in [4.69, 9.17) is 21.1 Å². The van der Waals surface area contributed by atoms with Gasteiger partial charge in [0.05, 0.1) is 20.3 Å². The maximum Gasteiger partial charge on any atom is 0.185 e. The second kappa shape index (κ2) is 9.71. The summed E-state index contributed by atoms with van der Waals surface area (Å²) in [6.07, 6.45) is 3.77. The standard InChI is InChI=1S/C35H26ClNO5/c1-41-23-14-15-26(28(19-23)42-2)30-31(32(38)20-8-4-3-5-9-20)37-27-16-13-22(36)18-21(27)12-17-29(37)35(30)33(39)24-10-6-7-11-25(24)34(35)40/h3-19,29-31H,1-2H3/t29-,30+,31-/m0/s1. The first kappa shape index (κ1) is 26.2. The molecular weight excluding hydrogens is 550 g/mol. The molecule has 2 aliphatic heterocycles. The van der Waals surface area contributed by atoms with Crippen molar-refractivity contribution >= 4 is 40.7 Å². The largest absolute Gasteiger partial charge is 0.497 e. The summed E-state index contributed by atoms with van der Waals surface area (Å²) in [5, 5.41) is 0.547. The number of anilines is 1. The Balaban J connectivity index is 1.57. The van der Waals surface area contributed by atoms with E-state index < -0.39 is 23.4 Å². The van der Waals surface area contributed by atoms with E-state index in [-0.39, 0.29) is 17.3 Å². The molecule has 0 radical (unpaired) electrons. The van der Waals surface area contributed by atoms with Crippen LogP contribution in [0.15, 0.2) is 97.1 Å². The Hall–Kier alpha value is -4.68. The third-order valence-corrected chi connectivity index (χ3v) is 9.10. The van der Waals surface area contributed by atoms with Crippen molar-refractivity contribution in [3.05, 3.63) is 130 Å². The van der Waals surface area contributed by atoms with Crippen molar-refractivity contribution < 1.29 is 23.9 Å². The van der Waals surface area contributed by atoms with E-state index in [0.29, 0.717) is 38.8 Å². The average molecular weight is 576 g/mol. The van der Waals surface area contributed by atoms with Crippen molar-refractivity contribution in [3.8, 4) is 11.5 Å². The Morgan fingerprint density at radius 1 is 0.833 bits per heavy atom. The van der Waals surface area contributed by atoms with Crippen molar-refractivity contribution in [2.24, 2.45) is 5.41 Å². The van der Waals surface area contributed by atoms with Gasteiger partial charge in [0.1, 0.15) is 23.0 Å². The maximum absolute atomic E-state index is 14.8. The Labute approximate surface area is 248 Å². The highest BCUT2D eigenvalue weighted by atomic mass is 35.5. The van der Waals surface area contributed by atoms with E-state index in [1.807, 2.05) is 53.5 Å². The lowest BCUT2D eigenvalue weighted by Gasteiger charge is -2.37. The molecule has 3 aliphatic rings. The number of ketones is 3. The Kier molecular flexibility index (Phi) is 6.06. The molecule has 3 atom stereocenters. The zero-order valence-electron chi connectivity index (χ0n) is 22.9. The molecular formula is C35H26ClNO5. The van der Waals surface area contributed by atoms with Gasteiger partial charge in [-0.15, -0.1) is 0 Å². The van der Waals surface area contributed by atoms with Gasteiger partial charge in [-0.1, -0.05) is 84.4 Å². The molecule has 6 nitrogen and oxygen atoms in total. The van der Waals surface area contributed by atoms with Gasteiger partial charge in [-0.3, -0.25) is 14.4 Å². The van der Waals surface area contributed by atoms with Gasteiger partial charge >= 0.3 is 0 Å². The molecule has 0 N–H and O–H groups in total. The van der Waals surface area contributed by atoms with Gasteiger partial charge in [-0.25, -0.2) is 0 Å². The predicted octanol–water partition coefficient (Wildman–Crippen LogP) is 6.67. The summed E-state index contributed by atoms with van der Waals surface area (Å²) in [6.45, 7) is 0. The zero-order chi connectivity index (χ0) is 29.2. The lowest BCUT2D eigenvalue weighted by Crippen LogP contribution is -2.48. The Morgan fingerprint density at radius 2 is 1.52 bits per heavy atom. The summed E-state index contributed by atoms with van der Waals surface area (Å²) < 4.78 is 11.3. The van der Waals surface area contributed by atoms with E-state index >= 15 is 0 Å². The number of nitrogens with zero attached hydrogens (tertiary/aromatic N) is 1. The van der Waals surface area contributed by atoms with Gasteiger partial charge in [0.2, 0.25) is 0 Å². The van der Waals surface area contributed by atoms with Crippen LogP contribution < -0.4 is 14.4 Å². The molecule has 1 spiro atoms. The number of carbonyl (C=O) groups excluding carboxylic acids is 3. The number of carbonyl (C=O) groups is 3. The minimum absolute atomic E-state index is 0.201. The van der Waals surface area contributed by atoms with Crippen molar-refractivity contribution in [2.45, 2.75) is 18.0 Å². The van der Waals surface area contributed by atoms with Crippen LogP contribution in [0.3, 0.4) is 0 Å². The molecule has 1 saturated heterocycles. The fourth-order valence-corrected chi connectivity index (χ4v) is 7.32. The lowest BCUT2D eigenvalue weighted by molar-refractivity contribution is 0.0665. The molecule has 0 aromatic heterocycles. The molecule has 0 amide bonds. The quantitative estimate of drug-likeness (QED) is 0.195.